The third-order valence-corrected chi connectivity index (χ3v) is 9.40. The molecule has 0 heterocycles. The predicted octanol–water partition coefficient (Wildman–Crippen LogP) is 3.74. The summed E-state index contributed by atoms with van der Waals surface area (Å²) in [5, 5.41) is 2.67. The molecule has 0 aliphatic carbocycles. The van der Waals surface area contributed by atoms with E-state index >= 15 is 0 Å². The molecule has 0 unspecified atom stereocenters. The molecular formula is C20H25O3PSi. The Kier molecular flexibility index (Phi) is 8.17. The van der Waals surface area contributed by atoms with Crippen LogP contribution in [-0.4, -0.2) is 28.2 Å². The molecule has 0 aliphatic rings. The van der Waals surface area contributed by atoms with Crippen molar-refractivity contribution in [3.05, 3.63) is 60.7 Å². The Morgan fingerprint density at radius 1 is 0.880 bits per heavy atom. The van der Waals surface area contributed by atoms with Crippen molar-refractivity contribution in [2.45, 2.75) is 19.9 Å². The van der Waals surface area contributed by atoms with E-state index in [4.69, 9.17) is 19.7 Å². The zero-order valence-electron chi connectivity index (χ0n) is 14.9. The van der Waals surface area contributed by atoms with E-state index in [1.165, 1.54) is 10.6 Å². The van der Waals surface area contributed by atoms with E-state index in [1.807, 2.05) is 26.0 Å². The van der Waals surface area contributed by atoms with E-state index in [2.05, 4.69) is 54.6 Å². The van der Waals surface area contributed by atoms with Gasteiger partial charge in [0.05, 0.1) is 6.11 Å². The molecule has 0 aromatic heterocycles. The summed E-state index contributed by atoms with van der Waals surface area (Å²) in [5.41, 5.74) is 0. The molecule has 5 heteroatoms. The van der Waals surface area contributed by atoms with Crippen molar-refractivity contribution < 1.29 is 13.3 Å². The van der Waals surface area contributed by atoms with Crippen LogP contribution in [0.15, 0.2) is 60.7 Å². The molecule has 2 rings (SSSR count). The topological polar surface area (TPSA) is 27.7 Å². The normalized spacial score (nSPS) is 11.3. The van der Waals surface area contributed by atoms with Gasteiger partial charge in [-0.15, -0.1) is 0 Å². The van der Waals surface area contributed by atoms with E-state index in [-0.39, 0.29) is 0 Å². The summed E-state index contributed by atoms with van der Waals surface area (Å²) in [6.45, 7) is 4.95. The van der Waals surface area contributed by atoms with Crippen LogP contribution in [0, 0.1) is 12.5 Å². The van der Waals surface area contributed by atoms with E-state index in [0.29, 0.717) is 19.3 Å². The molecular weight excluding hydrogens is 347 g/mol. The average molecular weight is 372 g/mol. The first-order valence-corrected chi connectivity index (χ1v) is 12.0. The molecule has 0 atom stereocenters. The van der Waals surface area contributed by atoms with Gasteiger partial charge in [0.1, 0.15) is 0 Å². The monoisotopic (exact) mass is 372 g/mol. The summed E-state index contributed by atoms with van der Waals surface area (Å²) in [6.07, 6.45) is 8.63. The van der Waals surface area contributed by atoms with Gasteiger partial charge >= 0.3 is 8.80 Å². The van der Waals surface area contributed by atoms with Crippen molar-refractivity contribution in [1.29, 1.82) is 0 Å². The van der Waals surface area contributed by atoms with Crippen LogP contribution in [0.5, 0.6) is 0 Å². The van der Waals surface area contributed by atoms with Crippen molar-refractivity contribution in [3.8, 4) is 12.5 Å². The summed E-state index contributed by atoms with van der Waals surface area (Å²) in [6, 6.07) is 21.9. The summed E-state index contributed by atoms with van der Waals surface area (Å²) < 4.78 is 17.4. The van der Waals surface area contributed by atoms with Gasteiger partial charge < -0.3 is 13.3 Å². The first kappa shape index (κ1) is 19.7. The molecule has 2 aromatic carbocycles. The Labute approximate surface area is 153 Å². The van der Waals surface area contributed by atoms with Crippen molar-refractivity contribution in [2.24, 2.45) is 0 Å². The molecule has 0 N–H and O–H groups in total. The van der Waals surface area contributed by atoms with Gasteiger partial charge in [-0.05, 0) is 38.5 Å². The van der Waals surface area contributed by atoms with Gasteiger partial charge in [-0.3, -0.25) is 0 Å². The van der Waals surface area contributed by atoms with Crippen molar-refractivity contribution in [1.82, 2.24) is 0 Å². The van der Waals surface area contributed by atoms with Crippen molar-refractivity contribution in [2.75, 3.05) is 19.4 Å². The van der Waals surface area contributed by atoms with E-state index in [1.54, 1.807) is 0 Å². The number of terminal acetylenes is 1. The van der Waals surface area contributed by atoms with Crippen LogP contribution in [0.2, 0.25) is 6.04 Å². The highest BCUT2D eigenvalue weighted by atomic mass is 31.1. The summed E-state index contributed by atoms with van der Waals surface area (Å²) >= 11 is 0. The van der Waals surface area contributed by atoms with Gasteiger partial charge in [0.15, 0.2) is 0 Å². The number of rotatable bonds is 10. The number of benzene rings is 2. The van der Waals surface area contributed by atoms with Crippen molar-refractivity contribution >= 4 is 27.3 Å². The fourth-order valence-electron chi connectivity index (χ4n) is 2.70. The summed E-state index contributed by atoms with van der Waals surface area (Å²) in [7, 11) is -3.37. The second-order valence-electron chi connectivity index (χ2n) is 5.34. The first-order chi connectivity index (χ1) is 12.2. The quantitative estimate of drug-likeness (QED) is 0.361. The van der Waals surface area contributed by atoms with Gasteiger partial charge in [-0.25, -0.2) is 0 Å². The van der Waals surface area contributed by atoms with Gasteiger partial charge in [-0.1, -0.05) is 67.1 Å². The van der Waals surface area contributed by atoms with Crippen LogP contribution < -0.4 is 10.6 Å². The van der Waals surface area contributed by atoms with Crippen LogP contribution in [0.3, 0.4) is 0 Å². The minimum Gasteiger partial charge on any atom is -0.451 e. The number of hydrogen-bond donors (Lipinski definition) is 0. The smallest absolute Gasteiger partial charge is 0.451 e. The maximum atomic E-state index is 5.89. The van der Waals surface area contributed by atoms with E-state index in [0.717, 1.165) is 6.16 Å². The third kappa shape index (κ3) is 5.69. The predicted molar refractivity (Wildman–Crippen MR) is 108 cm³/mol. The third-order valence-electron chi connectivity index (χ3n) is 3.72. The van der Waals surface area contributed by atoms with Crippen molar-refractivity contribution in [3.63, 3.8) is 0 Å². The second kappa shape index (κ2) is 10.4. The highest BCUT2D eigenvalue weighted by molar-refractivity contribution is 7.73. The molecule has 0 fully saturated rings. The van der Waals surface area contributed by atoms with Gasteiger partial charge in [0, 0.05) is 19.3 Å². The van der Waals surface area contributed by atoms with Gasteiger partial charge in [-0.2, -0.15) is 0 Å². The lowest BCUT2D eigenvalue weighted by Crippen LogP contribution is -2.45. The minimum absolute atomic E-state index is 0.521. The maximum absolute atomic E-state index is 5.89. The Hall–Kier alpha value is -1.63. The maximum Gasteiger partial charge on any atom is 0.574 e. The molecule has 25 heavy (non-hydrogen) atoms. The zero-order valence-corrected chi connectivity index (χ0v) is 16.7. The SMILES string of the molecule is C#CO[Si](CCP(c1ccccc1)c1ccccc1)(OCC)OCC. The Morgan fingerprint density at radius 3 is 1.76 bits per heavy atom. The van der Waals surface area contributed by atoms with Gasteiger partial charge in [0.2, 0.25) is 0 Å². The summed E-state index contributed by atoms with van der Waals surface area (Å²) in [4.78, 5) is 0. The molecule has 0 saturated heterocycles. The van der Waals surface area contributed by atoms with Crippen LogP contribution in [0.1, 0.15) is 13.8 Å². The molecule has 0 amide bonds. The zero-order chi connectivity index (χ0) is 18.0. The molecule has 0 aliphatic heterocycles. The lowest BCUT2D eigenvalue weighted by molar-refractivity contribution is 0.108. The van der Waals surface area contributed by atoms with Gasteiger partial charge in [0.25, 0.3) is 0 Å². The van der Waals surface area contributed by atoms with Crippen LogP contribution >= 0.6 is 7.92 Å². The van der Waals surface area contributed by atoms with Crippen LogP contribution in [0.4, 0.5) is 0 Å². The lowest BCUT2D eigenvalue weighted by Gasteiger charge is -2.28. The average Bonchev–Trinajstić information content (AvgIpc) is 2.64. The number of hydrogen-bond acceptors (Lipinski definition) is 3. The molecule has 3 nitrogen and oxygen atoms in total. The standard InChI is InChI=1S/C20H25O3PSi/c1-4-21-25(22-5-2,23-6-3)18-17-24(19-13-9-7-10-14-19)20-15-11-8-12-16-20/h1,7-16H,5-6,17-18H2,2-3H3. The molecule has 0 spiro atoms. The lowest BCUT2D eigenvalue weighted by atomic mass is 10.4. The van der Waals surface area contributed by atoms with Crippen LogP contribution in [0.25, 0.3) is 0 Å². The fraction of sp³-hybridized carbons (Fsp3) is 0.300. The first-order valence-electron chi connectivity index (χ1n) is 8.54. The summed E-state index contributed by atoms with van der Waals surface area (Å²) in [5.74, 6) is 0. The Bertz CT molecular complexity index is 612. The van der Waals surface area contributed by atoms with Crippen LogP contribution in [-0.2, 0) is 13.3 Å². The molecule has 0 saturated carbocycles. The molecule has 0 radical (unpaired) electrons. The van der Waals surface area contributed by atoms with E-state index in [9.17, 15) is 0 Å². The fourth-order valence-corrected chi connectivity index (χ4v) is 8.22. The highest BCUT2D eigenvalue weighted by Gasteiger charge is 2.43. The minimum atomic E-state index is -2.84. The molecule has 132 valence electrons. The molecule has 0 bridgehead atoms. The van der Waals surface area contributed by atoms with E-state index < -0.39 is 16.7 Å². The highest BCUT2D eigenvalue weighted by Crippen LogP contribution is 2.36. The Balaban J connectivity index is 2.25. The Morgan fingerprint density at radius 2 is 1.36 bits per heavy atom. The molecule has 2 aromatic rings. The largest absolute Gasteiger partial charge is 0.574 e. The second-order valence-corrected chi connectivity index (χ2v) is 10.3.